The molecule has 0 bridgehead atoms. The summed E-state index contributed by atoms with van der Waals surface area (Å²) in [5, 5.41) is 14.5. The number of fused-ring (bicyclic) bond motifs is 3. The Morgan fingerprint density at radius 3 is 2.09 bits per heavy atom. The molecule has 0 heterocycles. The molecule has 1 aliphatic carbocycles. The van der Waals surface area contributed by atoms with Gasteiger partial charge in [-0.25, -0.2) is 4.79 Å². The van der Waals surface area contributed by atoms with Crippen LogP contribution in [0.1, 0.15) is 50.7 Å². The summed E-state index contributed by atoms with van der Waals surface area (Å²) in [6.07, 6.45) is 0.160. The van der Waals surface area contributed by atoms with Crippen LogP contribution in [-0.2, 0) is 14.3 Å². The van der Waals surface area contributed by atoms with Gasteiger partial charge in [-0.15, -0.1) is 0 Å². The van der Waals surface area contributed by atoms with Crippen molar-refractivity contribution in [3.8, 4) is 11.1 Å². The Labute approximate surface area is 194 Å². The first-order valence-electron chi connectivity index (χ1n) is 11.4. The molecule has 2 aromatic carbocycles. The summed E-state index contributed by atoms with van der Waals surface area (Å²) in [4.78, 5) is 36.5. The van der Waals surface area contributed by atoms with E-state index in [1.807, 2.05) is 50.2 Å². The SMILES string of the molecule is CCC(CNC(=O)[C@@H](CC(C)C)NC(=O)OCC1c2ccccc2-c2ccccc21)C(=O)O. The van der Waals surface area contributed by atoms with Crippen LogP contribution < -0.4 is 10.6 Å². The highest BCUT2D eigenvalue weighted by Crippen LogP contribution is 2.44. The lowest BCUT2D eigenvalue weighted by Crippen LogP contribution is -2.49. The molecule has 176 valence electrons. The summed E-state index contributed by atoms with van der Waals surface area (Å²) in [5.41, 5.74) is 4.51. The average molecular weight is 453 g/mol. The normalized spacial score (nSPS) is 14.2. The van der Waals surface area contributed by atoms with Gasteiger partial charge in [-0.3, -0.25) is 9.59 Å². The van der Waals surface area contributed by atoms with E-state index in [1.165, 1.54) is 0 Å². The Morgan fingerprint density at radius 1 is 1.00 bits per heavy atom. The molecule has 0 saturated heterocycles. The van der Waals surface area contributed by atoms with Gasteiger partial charge in [-0.1, -0.05) is 69.3 Å². The third-order valence-corrected chi connectivity index (χ3v) is 6.02. The van der Waals surface area contributed by atoms with Crippen molar-refractivity contribution in [3.05, 3.63) is 59.7 Å². The van der Waals surface area contributed by atoms with Crippen LogP contribution in [0.3, 0.4) is 0 Å². The largest absolute Gasteiger partial charge is 0.481 e. The number of hydrogen-bond donors (Lipinski definition) is 3. The molecule has 2 amide bonds. The van der Waals surface area contributed by atoms with E-state index in [1.54, 1.807) is 6.92 Å². The third-order valence-electron chi connectivity index (χ3n) is 6.02. The first kappa shape index (κ1) is 24.3. The number of alkyl carbamates (subject to hydrolysis) is 1. The summed E-state index contributed by atoms with van der Waals surface area (Å²) < 4.78 is 5.56. The van der Waals surface area contributed by atoms with Crippen molar-refractivity contribution < 1.29 is 24.2 Å². The topological polar surface area (TPSA) is 105 Å². The number of benzene rings is 2. The molecule has 2 aromatic rings. The lowest BCUT2D eigenvalue weighted by atomic mass is 9.98. The van der Waals surface area contributed by atoms with Crippen molar-refractivity contribution in [1.29, 1.82) is 0 Å². The number of ether oxygens (including phenoxy) is 1. The number of amides is 2. The number of carboxylic acid groups (broad SMARTS) is 1. The van der Waals surface area contributed by atoms with Crippen LogP contribution in [0.25, 0.3) is 11.1 Å². The predicted octanol–water partition coefficient (Wildman–Crippen LogP) is 4.17. The lowest BCUT2D eigenvalue weighted by Gasteiger charge is -2.22. The fourth-order valence-electron chi connectivity index (χ4n) is 4.24. The highest BCUT2D eigenvalue weighted by molar-refractivity contribution is 5.86. The number of hydrogen-bond acceptors (Lipinski definition) is 4. The second-order valence-electron chi connectivity index (χ2n) is 8.84. The summed E-state index contributed by atoms with van der Waals surface area (Å²) in [7, 11) is 0. The van der Waals surface area contributed by atoms with E-state index >= 15 is 0 Å². The quantitative estimate of drug-likeness (QED) is 0.502. The summed E-state index contributed by atoms with van der Waals surface area (Å²) in [5.74, 6) is -1.94. The molecule has 0 spiro atoms. The van der Waals surface area contributed by atoms with Crippen molar-refractivity contribution in [3.63, 3.8) is 0 Å². The minimum Gasteiger partial charge on any atom is -0.481 e. The molecule has 1 unspecified atom stereocenters. The lowest BCUT2D eigenvalue weighted by molar-refractivity contribution is -0.141. The Kier molecular flexibility index (Phi) is 8.09. The molecule has 0 aromatic heterocycles. The van der Waals surface area contributed by atoms with Gasteiger partial charge in [0, 0.05) is 12.5 Å². The molecule has 0 radical (unpaired) electrons. The van der Waals surface area contributed by atoms with Crippen LogP contribution in [0.5, 0.6) is 0 Å². The number of rotatable bonds is 10. The molecule has 7 nitrogen and oxygen atoms in total. The van der Waals surface area contributed by atoms with Gasteiger partial charge in [-0.05, 0) is 41.0 Å². The Hall–Kier alpha value is -3.35. The number of carbonyl (C=O) groups excluding carboxylic acids is 2. The number of nitrogens with one attached hydrogen (secondary N) is 2. The minimum atomic E-state index is -0.956. The predicted molar refractivity (Wildman–Crippen MR) is 126 cm³/mol. The zero-order valence-corrected chi connectivity index (χ0v) is 19.3. The summed E-state index contributed by atoms with van der Waals surface area (Å²) in [6.45, 7) is 5.83. The first-order valence-corrected chi connectivity index (χ1v) is 11.4. The van der Waals surface area contributed by atoms with Crippen LogP contribution in [0.15, 0.2) is 48.5 Å². The molecule has 7 heteroatoms. The van der Waals surface area contributed by atoms with Crippen LogP contribution in [-0.4, -0.2) is 42.3 Å². The Bertz CT molecular complexity index is 958. The maximum absolute atomic E-state index is 12.7. The molecule has 33 heavy (non-hydrogen) atoms. The van der Waals surface area contributed by atoms with Crippen LogP contribution >= 0.6 is 0 Å². The number of carboxylic acids is 1. The van der Waals surface area contributed by atoms with E-state index in [2.05, 4.69) is 22.8 Å². The van der Waals surface area contributed by atoms with Crippen molar-refractivity contribution in [2.45, 2.75) is 45.6 Å². The van der Waals surface area contributed by atoms with Gasteiger partial charge in [0.25, 0.3) is 0 Å². The maximum atomic E-state index is 12.7. The van der Waals surface area contributed by atoms with E-state index in [4.69, 9.17) is 4.74 Å². The smallest absolute Gasteiger partial charge is 0.407 e. The standard InChI is InChI=1S/C26H32N2O5/c1-4-17(25(30)31)14-27-24(29)23(13-16(2)3)28-26(32)33-15-22-20-11-7-5-9-18(20)19-10-6-8-12-21(19)22/h5-12,16-17,22-23H,4,13-15H2,1-3H3,(H,27,29)(H,28,32)(H,30,31)/t17?,23-/m1/s1. The second-order valence-corrected chi connectivity index (χ2v) is 8.84. The molecule has 0 aliphatic heterocycles. The molecular weight excluding hydrogens is 420 g/mol. The average Bonchev–Trinajstić information content (AvgIpc) is 3.11. The van der Waals surface area contributed by atoms with Crippen molar-refractivity contribution in [2.24, 2.45) is 11.8 Å². The highest BCUT2D eigenvalue weighted by Gasteiger charge is 2.30. The van der Waals surface area contributed by atoms with E-state index in [-0.39, 0.29) is 25.0 Å². The second kappa shape index (κ2) is 11.0. The van der Waals surface area contributed by atoms with Gasteiger partial charge in [0.05, 0.1) is 5.92 Å². The van der Waals surface area contributed by atoms with Gasteiger partial charge in [0.2, 0.25) is 5.91 Å². The van der Waals surface area contributed by atoms with Gasteiger partial charge in [0.15, 0.2) is 0 Å². The zero-order chi connectivity index (χ0) is 24.0. The van der Waals surface area contributed by atoms with Crippen LogP contribution in [0, 0.1) is 11.8 Å². The Balaban J connectivity index is 1.63. The van der Waals surface area contributed by atoms with Gasteiger partial charge >= 0.3 is 12.1 Å². The van der Waals surface area contributed by atoms with E-state index in [0.717, 1.165) is 22.3 Å². The first-order chi connectivity index (χ1) is 15.8. The van der Waals surface area contributed by atoms with Crippen LogP contribution in [0.4, 0.5) is 4.79 Å². The summed E-state index contributed by atoms with van der Waals surface area (Å²) in [6, 6.07) is 15.4. The number of aliphatic carboxylic acids is 1. The molecule has 2 atom stereocenters. The van der Waals surface area contributed by atoms with E-state index in [9.17, 15) is 19.5 Å². The van der Waals surface area contributed by atoms with Crippen molar-refractivity contribution in [1.82, 2.24) is 10.6 Å². The molecule has 0 fully saturated rings. The molecule has 3 N–H and O–H groups in total. The van der Waals surface area contributed by atoms with Gasteiger partial charge in [-0.2, -0.15) is 0 Å². The molecule has 3 rings (SSSR count). The summed E-state index contributed by atoms with van der Waals surface area (Å²) >= 11 is 0. The maximum Gasteiger partial charge on any atom is 0.407 e. The van der Waals surface area contributed by atoms with E-state index < -0.39 is 29.9 Å². The highest BCUT2D eigenvalue weighted by atomic mass is 16.5. The van der Waals surface area contributed by atoms with E-state index in [0.29, 0.717) is 12.8 Å². The van der Waals surface area contributed by atoms with Crippen molar-refractivity contribution >= 4 is 18.0 Å². The Morgan fingerprint density at radius 2 is 1.58 bits per heavy atom. The van der Waals surface area contributed by atoms with Gasteiger partial charge in [0.1, 0.15) is 12.6 Å². The van der Waals surface area contributed by atoms with Gasteiger partial charge < -0.3 is 20.5 Å². The molecule has 0 saturated carbocycles. The van der Waals surface area contributed by atoms with Crippen molar-refractivity contribution in [2.75, 3.05) is 13.2 Å². The number of carbonyl (C=O) groups is 3. The monoisotopic (exact) mass is 452 g/mol. The van der Waals surface area contributed by atoms with Crippen LogP contribution in [0.2, 0.25) is 0 Å². The fourth-order valence-corrected chi connectivity index (χ4v) is 4.24. The molecule has 1 aliphatic rings. The molecular formula is C26H32N2O5. The minimum absolute atomic E-state index is 0.0195. The zero-order valence-electron chi connectivity index (χ0n) is 19.3. The fraction of sp³-hybridized carbons (Fsp3) is 0.423. The third kappa shape index (κ3) is 5.92.